The molecule has 0 radical (unpaired) electrons. The zero-order valence-electron chi connectivity index (χ0n) is 13.5. The Morgan fingerprint density at radius 3 is 2.79 bits per heavy atom. The smallest absolute Gasteiger partial charge is 0.252 e. The maximum absolute atomic E-state index is 12.7. The van der Waals surface area contributed by atoms with Crippen LogP contribution >= 0.6 is 22.6 Å². The molecule has 0 fully saturated rings. The maximum Gasteiger partial charge on any atom is 0.252 e. The minimum Gasteiger partial charge on any atom is -0.487 e. The number of rotatable bonds is 2. The molecule has 24 heavy (non-hydrogen) atoms. The number of benzene rings is 2. The molecule has 0 aromatic heterocycles. The second-order valence-corrected chi connectivity index (χ2v) is 7.60. The van der Waals surface area contributed by atoms with Crippen molar-refractivity contribution < 1.29 is 9.53 Å². The van der Waals surface area contributed by atoms with Crippen LogP contribution in [0.5, 0.6) is 5.75 Å². The summed E-state index contributed by atoms with van der Waals surface area (Å²) in [7, 11) is 0. The Morgan fingerprint density at radius 1 is 1.33 bits per heavy atom. The molecule has 1 atom stereocenters. The molecule has 0 saturated heterocycles. The van der Waals surface area contributed by atoms with Crippen molar-refractivity contribution in [2.75, 3.05) is 0 Å². The summed E-state index contributed by atoms with van der Waals surface area (Å²) in [6.07, 6.45) is 0.643. The first-order chi connectivity index (χ1) is 11.4. The lowest BCUT2D eigenvalue weighted by Gasteiger charge is -2.38. The van der Waals surface area contributed by atoms with Crippen molar-refractivity contribution in [2.45, 2.75) is 31.9 Å². The lowest BCUT2D eigenvalue weighted by atomic mass is 9.88. The van der Waals surface area contributed by atoms with Gasteiger partial charge in [-0.25, -0.2) is 0 Å². The number of amides is 1. The molecule has 1 N–H and O–H groups in total. The van der Waals surface area contributed by atoms with E-state index in [4.69, 9.17) is 10.00 Å². The fraction of sp³-hybridized carbons (Fsp3) is 0.263. The van der Waals surface area contributed by atoms with Gasteiger partial charge in [0, 0.05) is 15.6 Å². The summed E-state index contributed by atoms with van der Waals surface area (Å²) in [5, 5.41) is 12.3. The standard InChI is InChI=1S/C19H17IN2O2/c1-19(2)10-16(14-9-12(11-21)7-8-17(14)24-19)22-18(23)13-5-3-4-6-15(13)20/h3-9,16H,10H2,1-2H3,(H,22,23). The van der Waals surface area contributed by atoms with E-state index in [0.29, 0.717) is 17.5 Å². The highest BCUT2D eigenvalue weighted by Gasteiger charge is 2.35. The van der Waals surface area contributed by atoms with Crippen molar-refractivity contribution in [3.05, 3.63) is 62.7 Å². The molecular weight excluding hydrogens is 415 g/mol. The van der Waals surface area contributed by atoms with Crippen LogP contribution in [0.2, 0.25) is 0 Å². The van der Waals surface area contributed by atoms with Crippen LogP contribution in [-0.4, -0.2) is 11.5 Å². The largest absolute Gasteiger partial charge is 0.487 e. The van der Waals surface area contributed by atoms with Gasteiger partial charge in [0.25, 0.3) is 5.91 Å². The maximum atomic E-state index is 12.7. The highest BCUT2D eigenvalue weighted by atomic mass is 127. The third-order valence-corrected chi connectivity index (χ3v) is 4.96. The van der Waals surface area contributed by atoms with Gasteiger partial charge in [0.15, 0.2) is 0 Å². The van der Waals surface area contributed by atoms with E-state index in [9.17, 15) is 4.79 Å². The summed E-state index contributed by atoms with van der Waals surface area (Å²) in [6, 6.07) is 14.8. The average molecular weight is 432 g/mol. The SMILES string of the molecule is CC1(C)CC(NC(=O)c2ccccc2I)c2cc(C#N)ccc2O1. The van der Waals surface area contributed by atoms with Crippen LogP contribution in [0.15, 0.2) is 42.5 Å². The molecule has 2 aromatic carbocycles. The molecule has 1 unspecified atom stereocenters. The Labute approximate surface area is 155 Å². The highest BCUT2D eigenvalue weighted by Crippen LogP contribution is 2.40. The Balaban J connectivity index is 1.95. The molecule has 1 amide bonds. The second-order valence-electron chi connectivity index (χ2n) is 6.44. The van der Waals surface area contributed by atoms with Crippen LogP contribution in [0.3, 0.4) is 0 Å². The van der Waals surface area contributed by atoms with E-state index in [1.165, 1.54) is 0 Å². The van der Waals surface area contributed by atoms with E-state index in [2.05, 4.69) is 34.0 Å². The van der Waals surface area contributed by atoms with Crippen LogP contribution in [0.4, 0.5) is 0 Å². The van der Waals surface area contributed by atoms with E-state index in [1.54, 1.807) is 18.2 Å². The molecule has 3 rings (SSSR count). The molecule has 1 heterocycles. The first-order valence-corrected chi connectivity index (χ1v) is 8.76. The Hall–Kier alpha value is -2.07. The summed E-state index contributed by atoms with van der Waals surface area (Å²) >= 11 is 2.16. The van der Waals surface area contributed by atoms with Gasteiger partial charge < -0.3 is 10.1 Å². The van der Waals surface area contributed by atoms with Gasteiger partial charge in [-0.2, -0.15) is 5.26 Å². The third kappa shape index (κ3) is 3.39. The van der Waals surface area contributed by atoms with E-state index in [0.717, 1.165) is 14.9 Å². The van der Waals surface area contributed by atoms with Crippen LogP contribution in [0.1, 0.15) is 47.8 Å². The topological polar surface area (TPSA) is 62.1 Å². The van der Waals surface area contributed by atoms with Gasteiger partial charge in [-0.3, -0.25) is 4.79 Å². The molecular formula is C19H17IN2O2. The van der Waals surface area contributed by atoms with E-state index >= 15 is 0 Å². The number of hydrogen-bond acceptors (Lipinski definition) is 3. The van der Waals surface area contributed by atoms with Gasteiger partial charge in [0.1, 0.15) is 11.4 Å². The molecule has 5 heteroatoms. The number of fused-ring (bicyclic) bond motifs is 1. The number of nitriles is 1. The van der Waals surface area contributed by atoms with Crippen LogP contribution < -0.4 is 10.1 Å². The Bertz CT molecular complexity index is 840. The number of nitrogens with one attached hydrogen (secondary N) is 1. The molecule has 4 nitrogen and oxygen atoms in total. The van der Waals surface area contributed by atoms with Gasteiger partial charge in [0.2, 0.25) is 0 Å². The number of nitrogens with zero attached hydrogens (tertiary/aromatic N) is 1. The predicted molar refractivity (Wildman–Crippen MR) is 99.8 cm³/mol. The average Bonchev–Trinajstić information content (AvgIpc) is 2.54. The number of halogens is 1. The second kappa shape index (κ2) is 6.44. The van der Waals surface area contributed by atoms with Crippen molar-refractivity contribution in [2.24, 2.45) is 0 Å². The number of carbonyl (C=O) groups excluding carboxylic acids is 1. The third-order valence-electron chi connectivity index (χ3n) is 4.02. The Kier molecular flexibility index (Phi) is 4.50. The lowest BCUT2D eigenvalue weighted by Crippen LogP contribution is -2.41. The minimum absolute atomic E-state index is 0.115. The molecule has 0 aliphatic carbocycles. The summed E-state index contributed by atoms with van der Waals surface area (Å²) in [5.74, 6) is 0.606. The van der Waals surface area contributed by atoms with Gasteiger partial charge >= 0.3 is 0 Å². The molecule has 0 saturated carbocycles. The van der Waals surface area contributed by atoms with Crippen molar-refractivity contribution >= 4 is 28.5 Å². The zero-order valence-corrected chi connectivity index (χ0v) is 15.6. The van der Waals surface area contributed by atoms with Gasteiger partial charge in [0.05, 0.1) is 23.2 Å². The first kappa shape index (κ1) is 16.8. The normalized spacial score (nSPS) is 18.0. The summed E-state index contributed by atoms with van der Waals surface area (Å²) < 4.78 is 6.91. The predicted octanol–water partition coefficient (Wildman–Crippen LogP) is 4.20. The molecule has 122 valence electrons. The zero-order chi connectivity index (χ0) is 17.3. The quantitative estimate of drug-likeness (QED) is 0.724. The van der Waals surface area contributed by atoms with Crippen LogP contribution in [-0.2, 0) is 0 Å². The molecule has 2 aromatic rings. The molecule has 1 aliphatic rings. The van der Waals surface area contributed by atoms with E-state index < -0.39 is 0 Å². The summed E-state index contributed by atoms with van der Waals surface area (Å²) in [5.41, 5.74) is 1.68. The highest BCUT2D eigenvalue weighted by molar-refractivity contribution is 14.1. The van der Waals surface area contributed by atoms with E-state index in [1.807, 2.05) is 38.1 Å². The summed E-state index contributed by atoms with van der Waals surface area (Å²) in [4.78, 5) is 12.7. The fourth-order valence-electron chi connectivity index (χ4n) is 2.93. The monoisotopic (exact) mass is 432 g/mol. The van der Waals surface area contributed by atoms with Gasteiger partial charge in [-0.1, -0.05) is 12.1 Å². The van der Waals surface area contributed by atoms with Gasteiger partial charge in [-0.05, 0) is 66.8 Å². The Morgan fingerprint density at radius 2 is 2.08 bits per heavy atom. The van der Waals surface area contributed by atoms with Crippen molar-refractivity contribution in [1.29, 1.82) is 5.26 Å². The number of carbonyl (C=O) groups is 1. The van der Waals surface area contributed by atoms with Crippen LogP contribution in [0.25, 0.3) is 0 Å². The molecule has 1 aliphatic heterocycles. The van der Waals surface area contributed by atoms with Crippen LogP contribution in [0, 0.1) is 14.9 Å². The van der Waals surface area contributed by atoms with Crippen molar-refractivity contribution in [3.63, 3.8) is 0 Å². The minimum atomic E-state index is -0.386. The first-order valence-electron chi connectivity index (χ1n) is 7.68. The van der Waals surface area contributed by atoms with E-state index in [-0.39, 0.29) is 17.6 Å². The molecule has 0 bridgehead atoms. The van der Waals surface area contributed by atoms with Gasteiger partial charge in [-0.15, -0.1) is 0 Å². The molecule has 0 spiro atoms. The number of ether oxygens (including phenoxy) is 1. The lowest BCUT2D eigenvalue weighted by molar-refractivity contribution is 0.0619. The number of hydrogen-bond donors (Lipinski definition) is 1. The fourth-order valence-corrected chi connectivity index (χ4v) is 3.57. The van der Waals surface area contributed by atoms with Crippen molar-refractivity contribution in [1.82, 2.24) is 5.32 Å². The summed E-state index contributed by atoms with van der Waals surface area (Å²) in [6.45, 7) is 4.00. The van der Waals surface area contributed by atoms with Crippen molar-refractivity contribution in [3.8, 4) is 11.8 Å².